The van der Waals surface area contributed by atoms with E-state index in [9.17, 15) is 4.79 Å². The van der Waals surface area contributed by atoms with Crippen molar-refractivity contribution in [2.45, 2.75) is 43.2 Å². The van der Waals surface area contributed by atoms with Crippen LogP contribution in [0.15, 0.2) is 35.9 Å². The van der Waals surface area contributed by atoms with E-state index in [-0.39, 0.29) is 11.5 Å². The third kappa shape index (κ3) is 1.06. The van der Waals surface area contributed by atoms with Crippen molar-refractivity contribution in [3.8, 4) is 0 Å². The monoisotopic (exact) mass is 266 g/mol. The second kappa shape index (κ2) is 3.53. The van der Waals surface area contributed by atoms with E-state index in [1.165, 1.54) is 16.8 Å². The Morgan fingerprint density at radius 2 is 2.15 bits per heavy atom. The number of hydrogen-bond donors (Lipinski definition) is 1. The van der Waals surface area contributed by atoms with Gasteiger partial charge in [0.1, 0.15) is 0 Å². The Morgan fingerprint density at radius 3 is 3.10 bits per heavy atom. The first-order valence-corrected chi connectivity index (χ1v) is 7.66. The van der Waals surface area contributed by atoms with Gasteiger partial charge in [-0.25, -0.2) is 0 Å². The Kier molecular flexibility index (Phi) is 1.96. The number of carbonyl (C=O) groups is 1. The summed E-state index contributed by atoms with van der Waals surface area (Å²) in [6, 6.07) is 9.37. The Bertz CT molecular complexity index is 650. The number of nitrogens with zero attached hydrogens (tertiary/aromatic N) is 1. The summed E-state index contributed by atoms with van der Waals surface area (Å²) >= 11 is 0. The zero-order valence-electron chi connectivity index (χ0n) is 11.4. The highest BCUT2D eigenvalue weighted by Gasteiger charge is 2.61. The van der Waals surface area contributed by atoms with Crippen molar-refractivity contribution in [1.29, 1.82) is 0 Å². The molecule has 1 N–H and O–H groups in total. The molecule has 0 aromatic heterocycles. The quantitative estimate of drug-likeness (QED) is 0.730. The maximum absolute atomic E-state index is 12.5. The number of benzene rings is 1. The van der Waals surface area contributed by atoms with Crippen LogP contribution in [0.2, 0.25) is 0 Å². The summed E-state index contributed by atoms with van der Waals surface area (Å²) in [5.41, 5.74) is 4.21. The minimum atomic E-state index is 0.136. The minimum Gasteiger partial charge on any atom is -0.313 e. The number of fused-ring (bicyclic) bond motifs is 2. The number of hydrogen-bond acceptors (Lipinski definition) is 2. The summed E-state index contributed by atoms with van der Waals surface area (Å²) in [5.74, 6) is 0.309. The van der Waals surface area contributed by atoms with Crippen molar-refractivity contribution < 1.29 is 4.79 Å². The smallest absolute Gasteiger partial charge is 0.227 e. The van der Waals surface area contributed by atoms with Crippen LogP contribution >= 0.6 is 0 Å². The first kappa shape index (κ1) is 11.1. The summed E-state index contributed by atoms with van der Waals surface area (Å²) in [7, 11) is 0. The fourth-order valence-electron chi connectivity index (χ4n) is 5.11. The molecule has 5 rings (SSSR count). The summed E-state index contributed by atoms with van der Waals surface area (Å²) in [6.45, 7) is 1.07. The normalized spacial score (nSPS) is 37.3. The van der Waals surface area contributed by atoms with Gasteiger partial charge in [-0.2, -0.15) is 0 Å². The molecule has 3 heteroatoms. The van der Waals surface area contributed by atoms with Crippen LogP contribution < -0.4 is 10.2 Å². The molecule has 0 radical (unpaired) electrons. The SMILES string of the molecule is O=C1CCC2=CC[C@@H]3NCC[C@]34c3ccccc3N1[C@@H]24. The lowest BCUT2D eigenvalue weighted by atomic mass is 9.63. The lowest BCUT2D eigenvalue weighted by Crippen LogP contribution is -2.57. The Labute approximate surface area is 118 Å². The number of rotatable bonds is 0. The van der Waals surface area contributed by atoms with E-state index < -0.39 is 0 Å². The van der Waals surface area contributed by atoms with E-state index >= 15 is 0 Å². The summed E-state index contributed by atoms with van der Waals surface area (Å²) in [6.07, 6.45) is 6.30. The number of amides is 1. The second-order valence-electron chi connectivity index (χ2n) is 6.50. The molecular weight excluding hydrogens is 248 g/mol. The average Bonchev–Trinajstić information content (AvgIpc) is 3.04. The first-order valence-electron chi connectivity index (χ1n) is 7.66. The molecule has 20 heavy (non-hydrogen) atoms. The molecule has 2 fully saturated rings. The zero-order valence-corrected chi connectivity index (χ0v) is 11.4. The van der Waals surface area contributed by atoms with Crippen molar-refractivity contribution in [2.75, 3.05) is 11.4 Å². The molecule has 3 nitrogen and oxygen atoms in total. The fourth-order valence-corrected chi connectivity index (χ4v) is 5.11. The van der Waals surface area contributed by atoms with Crippen LogP contribution in [0.5, 0.6) is 0 Å². The molecule has 2 saturated heterocycles. The van der Waals surface area contributed by atoms with Crippen molar-refractivity contribution >= 4 is 11.6 Å². The summed E-state index contributed by atoms with van der Waals surface area (Å²) in [4.78, 5) is 14.6. The highest BCUT2D eigenvalue weighted by Crippen LogP contribution is 2.57. The van der Waals surface area contributed by atoms with E-state index in [0.717, 1.165) is 25.8 Å². The van der Waals surface area contributed by atoms with Crippen LogP contribution in [0, 0.1) is 0 Å². The van der Waals surface area contributed by atoms with Gasteiger partial charge in [-0.15, -0.1) is 0 Å². The molecule has 102 valence electrons. The van der Waals surface area contributed by atoms with Crippen LogP contribution in [-0.4, -0.2) is 24.5 Å². The standard InChI is InChI=1S/C17H18N2O/c20-15-8-6-11-5-7-14-17(9-10-18-14)12-3-1-2-4-13(12)19(15)16(11)17/h1-5,14,16,18H,6-10H2/t14-,16-,17-/m0/s1. The zero-order chi connectivity index (χ0) is 13.3. The van der Waals surface area contributed by atoms with Gasteiger partial charge in [0.2, 0.25) is 5.91 Å². The van der Waals surface area contributed by atoms with Gasteiger partial charge in [0.05, 0.1) is 6.04 Å². The Hall–Kier alpha value is -1.61. The number of carbonyl (C=O) groups excluding carboxylic acids is 1. The van der Waals surface area contributed by atoms with Gasteiger partial charge in [0, 0.05) is 23.6 Å². The van der Waals surface area contributed by atoms with Gasteiger partial charge < -0.3 is 10.2 Å². The van der Waals surface area contributed by atoms with E-state index in [2.05, 4.69) is 40.6 Å². The molecule has 3 heterocycles. The molecule has 4 aliphatic rings. The van der Waals surface area contributed by atoms with Crippen LogP contribution in [0.1, 0.15) is 31.2 Å². The van der Waals surface area contributed by atoms with Crippen LogP contribution in [0.4, 0.5) is 5.69 Å². The van der Waals surface area contributed by atoms with E-state index in [4.69, 9.17) is 0 Å². The predicted octanol–water partition coefficient (Wildman–Crippen LogP) is 2.13. The largest absolute Gasteiger partial charge is 0.313 e. The minimum absolute atomic E-state index is 0.136. The predicted molar refractivity (Wildman–Crippen MR) is 77.7 cm³/mol. The van der Waals surface area contributed by atoms with Gasteiger partial charge in [0.25, 0.3) is 0 Å². The molecule has 0 bridgehead atoms. The lowest BCUT2D eigenvalue weighted by molar-refractivity contribution is -0.119. The van der Waals surface area contributed by atoms with Gasteiger partial charge in [-0.05, 0) is 43.0 Å². The summed E-state index contributed by atoms with van der Waals surface area (Å²) in [5, 5.41) is 3.68. The molecule has 3 aliphatic heterocycles. The topological polar surface area (TPSA) is 32.3 Å². The number of anilines is 1. The molecule has 3 atom stereocenters. The maximum atomic E-state index is 12.5. The van der Waals surface area contributed by atoms with Gasteiger partial charge in [-0.3, -0.25) is 4.79 Å². The van der Waals surface area contributed by atoms with Gasteiger partial charge >= 0.3 is 0 Å². The van der Waals surface area contributed by atoms with Crippen molar-refractivity contribution in [1.82, 2.24) is 5.32 Å². The maximum Gasteiger partial charge on any atom is 0.227 e. The highest BCUT2D eigenvalue weighted by molar-refractivity contribution is 6.00. The fraction of sp³-hybridized carbons (Fsp3) is 0.471. The molecule has 1 amide bonds. The van der Waals surface area contributed by atoms with Crippen LogP contribution in [0.3, 0.4) is 0 Å². The van der Waals surface area contributed by atoms with Crippen molar-refractivity contribution in [2.24, 2.45) is 0 Å². The first-order chi connectivity index (χ1) is 9.82. The molecule has 0 saturated carbocycles. The van der Waals surface area contributed by atoms with E-state index in [1.54, 1.807) is 0 Å². The second-order valence-corrected chi connectivity index (χ2v) is 6.50. The van der Waals surface area contributed by atoms with E-state index in [1.807, 2.05) is 0 Å². The Balaban J connectivity index is 1.83. The average molecular weight is 266 g/mol. The molecule has 1 aromatic rings. The molecule has 0 unspecified atom stereocenters. The molecule has 1 aromatic carbocycles. The van der Waals surface area contributed by atoms with Gasteiger partial charge in [-0.1, -0.05) is 24.3 Å². The van der Waals surface area contributed by atoms with Crippen LogP contribution in [-0.2, 0) is 10.2 Å². The highest BCUT2D eigenvalue weighted by atomic mass is 16.2. The number of piperidine rings is 1. The third-order valence-corrected chi connectivity index (χ3v) is 5.83. The molecular formula is C17H18N2O. The number of nitrogens with one attached hydrogen (secondary N) is 1. The van der Waals surface area contributed by atoms with Crippen LogP contribution in [0.25, 0.3) is 0 Å². The molecule has 1 spiro atoms. The lowest BCUT2D eigenvalue weighted by Gasteiger charge is -2.46. The van der Waals surface area contributed by atoms with E-state index in [0.29, 0.717) is 18.4 Å². The Morgan fingerprint density at radius 1 is 1.25 bits per heavy atom. The van der Waals surface area contributed by atoms with Crippen molar-refractivity contribution in [3.05, 3.63) is 41.5 Å². The number of para-hydroxylation sites is 1. The molecule has 1 aliphatic carbocycles. The van der Waals surface area contributed by atoms with Crippen molar-refractivity contribution in [3.63, 3.8) is 0 Å². The van der Waals surface area contributed by atoms with Gasteiger partial charge in [0.15, 0.2) is 0 Å². The summed E-state index contributed by atoms with van der Waals surface area (Å²) < 4.78 is 0. The third-order valence-electron chi connectivity index (χ3n) is 5.83.